The number of hydrogen-bond acceptors (Lipinski definition) is 13. The van der Waals surface area contributed by atoms with E-state index >= 15 is 0 Å². The second kappa shape index (κ2) is 16.5. The summed E-state index contributed by atoms with van der Waals surface area (Å²) in [7, 11) is 5.70. The van der Waals surface area contributed by atoms with Crippen molar-refractivity contribution in [3.8, 4) is 17.6 Å². The zero-order valence-corrected chi connectivity index (χ0v) is 30.5. The zero-order chi connectivity index (χ0) is 35.9. The number of aromatic carboxylic acids is 1. The molecule has 0 saturated heterocycles. The van der Waals surface area contributed by atoms with Crippen LogP contribution in [0.2, 0.25) is 0 Å². The van der Waals surface area contributed by atoms with Gasteiger partial charge < -0.3 is 25.2 Å². The molecule has 12 nitrogen and oxygen atoms in total. The van der Waals surface area contributed by atoms with Crippen molar-refractivity contribution in [2.75, 3.05) is 64.2 Å². The fraction of sp³-hybridized carbons (Fsp3) is 0.361. The Morgan fingerprint density at radius 3 is 2.76 bits per heavy atom. The van der Waals surface area contributed by atoms with Crippen LogP contribution in [0, 0.1) is 24.6 Å². The monoisotopic (exact) mass is 730 g/mol. The Morgan fingerprint density at radius 1 is 1.16 bits per heavy atom. The van der Waals surface area contributed by atoms with E-state index in [4.69, 9.17) is 9.47 Å². The van der Waals surface area contributed by atoms with Crippen LogP contribution in [0.3, 0.4) is 0 Å². The molecule has 3 aromatic heterocycles. The standard InChI is InChI=1S/C36H39FN8O4S2/c1-22-25-20-24(48-18-15-38-2)21-45(33(25)43-42-32(22)41-35-39-27-10-5-6-11-29(27)50-35)36-40-31(34(46)47)30(51-36)12-8-17-49-28-14-13-23(19-26(28)37)9-7-16-44(3)4/h5-6,10-11,13-14,19,24,38H,8,12,15-18,20-21H2,1-4H3,(H,46,47)(H,39,41,42). The number of fused-ring (bicyclic) bond motifs is 2. The number of aryl methyl sites for hydroxylation is 1. The molecular formula is C36H39FN8O4S2. The smallest absolute Gasteiger partial charge is 0.355 e. The lowest BCUT2D eigenvalue weighted by atomic mass is 9.99. The SMILES string of the molecule is CNCCOC1Cc2c(nnc(Nc3nc4ccccc4s3)c2C)N(c2nc(C(=O)O)c(CCCOc3ccc(C#CCN(C)C)cc3F)s2)C1. The first kappa shape index (κ1) is 36.1. The molecule has 6 rings (SSSR count). The van der Waals surface area contributed by atoms with Crippen LogP contribution in [0.1, 0.15) is 38.5 Å². The average Bonchev–Trinajstić information content (AvgIpc) is 3.73. The number of likely N-dealkylation sites (N-methyl/N-ethyl adjacent to an activating group) is 1. The molecule has 5 aromatic rings. The van der Waals surface area contributed by atoms with Gasteiger partial charge in [-0.2, -0.15) is 0 Å². The quantitative estimate of drug-likeness (QED) is 0.0961. The second-order valence-corrected chi connectivity index (χ2v) is 14.3. The van der Waals surface area contributed by atoms with Gasteiger partial charge in [-0.05, 0) is 71.2 Å². The summed E-state index contributed by atoms with van der Waals surface area (Å²) in [5.74, 6) is 5.64. The van der Waals surface area contributed by atoms with Gasteiger partial charge >= 0.3 is 5.97 Å². The highest BCUT2D eigenvalue weighted by atomic mass is 32.1. The number of carboxylic acid groups (broad SMARTS) is 1. The molecular weight excluding hydrogens is 692 g/mol. The van der Waals surface area contributed by atoms with Crippen molar-refractivity contribution in [2.45, 2.75) is 32.3 Å². The summed E-state index contributed by atoms with van der Waals surface area (Å²) in [6.07, 6.45) is 1.25. The summed E-state index contributed by atoms with van der Waals surface area (Å²) in [6.45, 7) is 4.38. The van der Waals surface area contributed by atoms with Gasteiger partial charge in [-0.1, -0.05) is 35.3 Å². The van der Waals surface area contributed by atoms with E-state index in [0.717, 1.165) is 21.3 Å². The Bertz CT molecular complexity index is 2040. The Balaban J connectivity index is 1.19. The van der Waals surface area contributed by atoms with Gasteiger partial charge in [0.2, 0.25) is 0 Å². The number of carboxylic acids is 1. The fourth-order valence-electron chi connectivity index (χ4n) is 5.54. The maximum atomic E-state index is 14.7. The summed E-state index contributed by atoms with van der Waals surface area (Å²) < 4.78 is 27.7. The minimum absolute atomic E-state index is 0.0274. The van der Waals surface area contributed by atoms with Gasteiger partial charge in [-0.3, -0.25) is 9.80 Å². The highest BCUT2D eigenvalue weighted by molar-refractivity contribution is 7.22. The number of benzene rings is 2. The molecule has 0 amide bonds. The lowest BCUT2D eigenvalue weighted by molar-refractivity contribution is 0.0593. The third-order valence-corrected chi connectivity index (χ3v) is 10.2. The van der Waals surface area contributed by atoms with E-state index in [1.165, 1.54) is 28.7 Å². The predicted molar refractivity (Wildman–Crippen MR) is 199 cm³/mol. The summed E-state index contributed by atoms with van der Waals surface area (Å²) >= 11 is 2.83. The van der Waals surface area contributed by atoms with E-state index in [-0.39, 0.29) is 24.2 Å². The molecule has 1 aliphatic heterocycles. The van der Waals surface area contributed by atoms with Crippen LogP contribution in [-0.2, 0) is 17.6 Å². The van der Waals surface area contributed by atoms with Crippen LogP contribution in [0.4, 0.5) is 26.3 Å². The number of rotatable bonds is 14. The average molecular weight is 731 g/mol. The maximum Gasteiger partial charge on any atom is 0.355 e. The van der Waals surface area contributed by atoms with Crippen LogP contribution in [-0.4, -0.2) is 96.2 Å². The molecule has 15 heteroatoms. The Labute approximate surface area is 303 Å². The molecule has 0 bridgehead atoms. The normalized spacial score (nSPS) is 14.0. The number of thiazole rings is 2. The van der Waals surface area contributed by atoms with Gasteiger partial charge in [0.1, 0.15) is 0 Å². The third-order valence-electron chi connectivity index (χ3n) is 8.11. The zero-order valence-electron chi connectivity index (χ0n) is 28.8. The molecule has 0 saturated carbocycles. The van der Waals surface area contributed by atoms with Crippen molar-refractivity contribution >= 4 is 60.8 Å². The molecule has 266 valence electrons. The van der Waals surface area contributed by atoms with Crippen LogP contribution in [0.15, 0.2) is 42.5 Å². The molecule has 1 unspecified atom stereocenters. The maximum absolute atomic E-state index is 14.7. The van der Waals surface area contributed by atoms with Gasteiger partial charge in [0.05, 0.1) is 42.6 Å². The second-order valence-electron chi connectivity index (χ2n) is 12.2. The van der Waals surface area contributed by atoms with Crippen LogP contribution < -0.4 is 20.3 Å². The van der Waals surface area contributed by atoms with Crippen molar-refractivity contribution in [2.24, 2.45) is 0 Å². The van der Waals surface area contributed by atoms with Gasteiger partial charge in [-0.25, -0.2) is 19.2 Å². The van der Waals surface area contributed by atoms with E-state index in [0.29, 0.717) is 77.8 Å². The topological polar surface area (TPSA) is 138 Å². The largest absolute Gasteiger partial charge is 0.491 e. The highest BCUT2D eigenvalue weighted by Crippen LogP contribution is 2.39. The van der Waals surface area contributed by atoms with Gasteiger partial charge in [-0.15, -0.1) is 21.5 Å². The predicted octanol–water partition coefficient (Wildman–Crippen LogP) is 5.66. The molecule has 4 heterocycles. The molecule has 3 N–H and O–H groups in total. The van der Waals surface area contributed by atoms with Crippen molar-refractivity contribution in [3.63, 3.8) is 0 Å². The van der Waals surface area contributed by atoms with E-state index in [9.17, 15) is 14.3 Å². The van der Waals surface area contributed by atoms with Crippen LogP contribution in [0.5, 0.6) is 5.75 Å². The Hall–Kier alpha value is -4.72. The minimum atomic E-state index is -1.12. The number of aromatic nitrogens is 4. The van der Waals surface area contributed by atoms with E-state index in [1.807, 2.05) is 62.1 Å². The number of halogens is 1. The first-order chi connectivity index (χ1) is 24.7. The van der Waals surface area contributed by atoms with Crippen LogP contribution in [0.25, 0.3) is 10.2 Å². The van der Waals surface area contributed by atoms with Crippen molar-refractivity contribution < 1.29 is 23.8 Å². The minimum Gasteiger partial charge on any atom is -0.491 e. The number of carbonyl (C=O) groups is 1. The molecule has 0 spiro atoms. The van der Waals surface area contributed by atoms with Gasteiger partial charge in [0.25, 0.3) is 0 Å². The van der Waals surface area contributed by atoms with Gasteiger partial charge in [0.15, 0.2) is 39.2 Å². The molecule has 0 radical (unpaired) electrons. The number of nitrogens with zero attached hydrogens (tertiary/aromatic N) is 6. The number of nitrogens with one attached hydrogen (secondary N) is 2. The lowest BCUT2D eigenvalue weighted by Crippen LogP contribution is -2.39. The third kappa shape index (κ3) is 8.78. The van der Waals surface area contributed by atoms with Crippen molar-refractivity contribution in [3.05, 3.63) is 75.5 Å². The molecule has 51 heavy (non-hydrogen) atoms. The summed E-state index contributed by atoms with van der Waals surface area (Å²) in [4.78, 5) is 26.0. The molecule has 2 aromatic carbocycles. The van der Waals surface area contributed by atoms with Gasteiger partial charge in [0, 0.05) is 34.5 Å². The highest BCUT2D eigenvalue weighted by Gasteiger charge is 2.33. The lowest BCUT2D eigenvalue weighted by Gasteiger charge is -2.34. The first-order valence-corrected chi connectivity index (χ1v) is 18.1. The number of anilines is 4. The van der Waals surface area contributed by atoms with E-state index in [2.05, 4.69) is 42.6 Å². The number of ether oxygens (including phenoxy) is 2. The summed E-state index contributed by atoms with van der Waals surface area (Å²) in [6, 6.07) is 12.6. The van der Waals surface area contributed by atoms with E-state index in [1.54, 1.807) is 12.1 Å². The molecule has 0 fully saturated rings. The van der Waals surface area contributed by atoms with Crippen molar-refractivity contribution in [1.29, 1.82) is 0 Å². The molecule has 0 aliphatic carbocycles. The molecule has 1 aliphatic rings. The molecule has 1 atom stereocenters. The van der Waals surface area contributed by atoms with Crippen LogP contribution >= 0.6 is 22.7 Å². The first-order valence-electron chi connectivity index (χ1n) is 16.5. The summed E-state index contributed by atoms with van der Waals surface area (Å²) in [5.41, 5.74) is 3.29. The van der Waals surface area contributed by atoms with Crippen molar-refractivity contribution in [1.82, 2.24) is 30.4 Å². The fourth-order valence-corrected chi connectivity index (χ4v) is 7.51. The number of hydrogen-bond donors (Lipinski definition) is 3. The number of para-hydroxylation sites is 1. The van der Waals surface area contributed by atoms with E-state index < -0.39 is 11.8 Å². The Kier molecular flexibility index (Phi) is 11.7. The Morgan fingerprint density at radius 2 is 2.00 bits per heavy atom. The summed E-state index contributed by atoms with van der Waals surface area (Å²) in [5, 5.41) is 26.9.